The van der Waals surface area contributed by atoms with E-state index in [-0.39, 0.29) is 0 Å². The Hall–Kier alpha value is -1.23. The molecule has 0 aliphatic heterocycles. The summed E-state index contributed by atoms with van der Waals surface area (Å²) in [5, 5.41) is 9.58. The van der Waals surface area contributed by atoms with Gasteiger partial charge in [-0.2, -0.15) is 0 Å². The minimum atomic E-state index is -0.789. The Morgan fingerprint density at radius 2 is 2.00 bits per heavy atom. The maximum atomic E-state index is 11.7. The van der Waals surface area contributed by atoms with Crippen molar-refractivity contribution in [1.29, 1.82) is 0 Å². The van der Waals surface area contributed by atoms with Gasteiger partial charge in [-0.3, -0.25) is 4.79 Å². The van der Waals surface area contributed by atoms with Gasteiger partial charge in [0.15, 0.2) is 11.5 Å². The quantitative estimate of drug-likeness (QED) is 0.921. The molecule has 0 amide bonds. The van der Waals surface area contributed by atoms with Crippen LogP contribution in [0.1, 0.15) is 30.4 Å². The Morgan fingerprint density at radius 1 is 1.37 bits per heavy atom. The van der Waals surface area contributed by atoms with Gasteiger partial charge in [0.2, 0.25) is 0 Å². The van der Waals surface area contributed by atoms with E-state index < -0.39 is 11.4 Å². The van der Waals surface area contributed by atoms with Gasteiger partial charge in [-0.15, -0.1) is 0 Å². The van der Waals surface area contributed by atoms with Gasteiger partial charge in [-0.1, -0.05) is 22.4 Å². The zero-order valence-electron chi connectivity index (χ0n) is 11.2. The summed E-state index contributed by atoms with van der Waals surface area (Å²) in [6, 6.07) is 1.78. The number of carboxylic acid groups (broad SMARTS) is 1. The predicted octanol–water partition coefficient (Wildman–Crippen LogP) is 3.28. The van der Waals surface area contributed by atoms with Gasteiger partial charge in [0, 0.05) is 10.0 Å². The molecule has 1 aliphatic rings. The van der Waals surface area contributed by atoms with Gasteiger partial charge in [0.1, 0.15) is 0 Å². The highest BCUT2D eigenvalue weighted by molar-refractivity contribution is 9.10. The molecule has 1 aromatic rings. The van der Waals surface area contributed by atoms with Crippen molar-refractivity contribution in [3.63, 3.8) is 0 Å². The SMILES string of the molecule is COc1cc(Br)c(C2(C(=O)O)CCC2)c(C)c1OC. The Morgan fingerprint density at radius 3 is 2.37 bits per heavy atom. The van der Waals surface area contributed by atoms with Gasteiger partial charge >= 0.3 is 5.97 Å². The van der Waals surface area contributed by atoms with Crippen LogP contribution >= 0.6 is 15.9 Å². The van der Waals surface area contributed by atoms with Crippen molar-refractivity contribution in [2.75, 3.05) is 14.2 Å². The minimum Gasteiger partial charge on any atom is -0.493 e. The summed E-state index contributed by atoms with van der Waals surface area (Å²) in [7, 11) is 3.14. The summed E-state index contributed by atoms with van der Waals surface area (Å²) in [5.41, 5.74) is 0.849. The summed E-state index contributed by atoms with van der Waals surface area (Å²) in [6.07, 6.45) is 2.26. The molecule has 0 aromatic heterocycles. The van der Waals surface area contributed by atoms with Crippen LogP contribution in [0.25, 0.3) is 0 Å². The fourth-order valence-corrected chi connectivity index (χ4v) is 3.71. The number of benzene rings is 1. The fourth-order valence-electron chi connectivity index (χ4n) is 2.82. The number of hydrogen-bond acceptors (Lipinski definition) is 3. The fraction of sp³-hybridized carbons (Fsp3) is 0.500. The molecule has 0 unspecified atom stereocenters. The summed E-state index contributed by atoms with van der Waals surface area (Å²) in [4.78, 5) is 11.7. The monoisotopic (exact) mass is 328 g/mol. The standard InChI is InChI=1S/C14H17BrO4/c1-8-11(14(13(16)17)5-4-6-14)9(15)7-10(18-2)12(8)19-3/h7H,4-6H2,1-3H3,(H,16,17). The number of methoxy groups -OCH3 is 2. The lowest BCUT2D eigenvalue weighted by Crippen LogP contribution is -2.43. The predicted molar refractivity (Wildman–Crippen MR) is 75.1 cm³/mol. The number of carbonyl (C=O) groups is 1. The van der Waals surface area contributed by atoms with Crippen molar-refractivity contribution in [3.8, 4) is 11.5 Å². The Balaban J connectivity index is 2.67. The number of halogens is 1. The average molecular weight is 329 g/mol. The Kier molecular flexibility index (Phi) is 3.76. The zero-order valence-corrected chi connectivity index (χ0v) is 12.8. The van der Waals surface area contributed by atoms with E-state index in [1.807, 2.05) is 6.92 Å². The molecule has 104 valence electrons. The lowest BCUT2D eigenvalue weighted by molar-refractivity contribution is -0.147. The zero-order chi connectivity index (χ0) is 14.2. The van der Waals surface area contributed by atoms with E-state index in [1.165, 1.54) is 0 Å². The molecule has 0 bridgehead atoms. The van der Waals surface area contributed by atoms with E-state index >= 15 is 0 Å². The first kappa shape index (κ1) is 14.2. The van der Waals surface area contributed by atoms with E-state index in [1.54, 1.807) is 20.3 Å². The lowest BCUT2D eigenvalue weighted by atomic mass is 9.63. The minimum absolute atomic E-state index is 0.605. The molecule has 1 N–H and O–H groups in total. The second-order valence-corrected chi connectivity index (χ2v) is 5.69. The first-order valence-electron chi connectivity index (χ1n) is 6.13. The van der Waals surface area contributed by atoms with E-state index in [9.17, 15) is 9.90 Å². The molecule has 0 spiro atoms. The van der Waals surface area contributed by atoms with Crippen molar-refractivity contribution in [1.82, 2.24) is 0 Å². The highest BCUT2D eigenvalue weighted by atomic mass is 79.9. The van der Waals surface area contributed by atoms with Gasteiger partial charge in [-0.05, 0) is 31.4 Å². The third-order valence-electron chi connectivity index (χ3n) is 3.96. The van der Waals surface area contributed by atoms with E-state index in [0.29, 0.717) is 24.3 Å². The van der Waals surface area contributed by atoms with Gasteiger partial charge < -0.3 is 14.6 Å². The molecule has 0 radical (unpaired) electrons. The Bertz CT molecular complexity index is 521. The summed E-state index contributed by atoms with van der Waals surface area (Å²) < 4.78 is 11.4. The van der Waals surface area contributed by atoms with Crippen LogP contribution in [0.2, 0.25) is 0 Å². The smallest absolute Gasteiger partial charge is 0.314 e. The van der Waals surface area contributed by atoms with E-state index in [0.717, 1.165) is 22.0 Å². The first-order valence-corrected chi connectivity index (χ1v) is 6.92. The maximum Gasteiger partial charge on any atom is 0.314 e. The van der Waals surface area contributed by atoms with Crippen LogP contribution in [0.15, 0.2) is 10.5 Å². The molecular formula is C14H17BrO4. The number of carboxylic acids is 1. The third kappa shape index (κ3) is 2.00. The van der Waals surface area contributed by atoms with Crippen molar-refractivity contribution < 1.29 is 19.4 Å². The van der Waals surface area contributed by atoms with Crippen LogP contribution in [-0.4, -0.2) is 25.3 Å². The van der Waals surface area contributed by atoms with Crippen LogP contribution in [-0.2, 0) is 10.2 Å². The van der Waals surface area contributed by atoms with Gasteiger partial charge in [-0.25, -0.2) is 0 Å². The van der Waals surface area contributed by atoms with Crippen LogP contribution in [0.3, 0.4) is 0 Å². The van der Waals surface area contributed by atoms with E-state index in [4.69, 9.17) is 9.47 Å². The molecule has 19 heavy (non-hydrogen) atoms. The topological polar surface area (TPSA) is 55.8 Å². The molecule has 1 aliphatic carbocycles. The number of rotatable bonds is 4. The molecule has 0 atom stereocenters. The first-order chi connectivity index (χ1) is 8.97. The second kappa shape index (κ2) is 5.04. The molecule has 0 heterocycles. The molecule has 1 saturated carbocycles. The van der Waals surface area contributed by atoms with Crippen molar-refractivity contribution >= 4 is 21.9 Å². The molecule has 4 nitrogen and oxygen atoms in total. The van der Waals surface area contributed by atoms with Crippen LogP contribution in [0.4, 0.5) is 0 Å². The van der Waals surface area contributed by atoms with Gasteiger partial charge in [0.25, 0.3) is 0 Å². The van der Waals surface area contributed by atoms with Gasteiger partial charge in [0.05, 0.1) is 19.6 Å². The molecule has 1 aromatic carbocycles. The normalized spacial score (nSPS) is 16.6. The summed E-state index contributed by atoms with van der Waals surface area (Å²) in [5.74, 6) is 0.443. The van der Waals surface area contributed by atoms with Crippen LogP contribution in [0.5, 0.6) is 11.5 Å². The van der Waals surface area contributed by atoms with Crippen LogP contribution < -0.4 is 9.47 Å². The van der Waals surface area contributed by atoms with Crippen molar-refractivity contribution in [2.45, 2.75) is 31.6 Å². The van der Waals surface area contributed by atoms with Crippen LogP contribution in [0, 0.1) is 6.92 Å². The average Bonchev–Trinajstić information content (AvgIpc) is 2.30. The van der Waals surface area contributed by atoms with Crippen molar-refractivity contribution in [3.05, 3.63) is 21.7 Å². The largest absolute Gasteiger partial charge is 0.493 e. The molecule has 1 fully saturated rings. The molecule has 5 heteroatoms. The second-order valence-electron chi connectivity index (χ2n) is 4.83. The highest BCUT2D eigenvalue weighted by Gasteiger charge is 2.48. The molecule has 2 rings (SSSR count). The van der Waals surface area contributed by atoms with Crippen molar-refractivity contribution in [2.24, 2.45) is 0 Å². The highest BCUT2D eigenvalue weighted by Crippen LogP contribution is 2.51. The summed E-state index contributed by atoms with van der Waals surface area (Å²) >= 11 is 3.48. The number of hydrogen-bond donors (Lipinski definition) is 1. The maximum absolute atomic E-state index is 11.7. The lowest BCUT2D eigenvalue weighted by Gasteiger charge is -2.40. The Labute approximate surface area is 120 Å². The molecule has 0 saturated heterocycles. The van der Waals surface area contributed by atoms with E-state index in [2.05, 4.69) is 15.9 Å². The third-order valence-corrected chi connectivity index (χ3v) is 4.58. The number of aliphatic carboxylic acids is 1. The number of ether oxygens (including phenoxy) is 2. The molecular weight excluding hydrogens is 312 g/mol. The summed E-state index contributed by atoms with van der Waals surface area (Å²) in [6.45, 7) is 1.88.